The van der Waals surface area contributed by atoms with E-state index in [0.29, 0.717) is 30.0 Å². The molecule has 0 spiro atoms. The highest BCUT2D eigenvalue weighted by Crippen LogP contribution is 2.22. The van der Waals surface area contributed by atoms with Crippen LogP contribution in [0.4, 0.5) is 9.18 Å². The average molecular weight is 343 g/mol. The van der Waals surface area contributed by atoms with E-state index in [1.165, 1.54) is 21.9 Å². The molecule has 2 N–H and O–H groups in total. The number of aromatic nitrogens is 2. The van der Waals surface area contributed by atoms with E-state index >= 15 is 0 Å². The Balaban J connectivity index is 1.42. The summed E-state index contributed by atoms with van der Waals surface area (Å²) in [6, 6.07) is 6.69. The highest BCUT2D eigenvalue weighted by atomic mass is 19.1. The predicted molar refractivity (Wildman–Crippen MR) is 83.9 cm³/mol. The molecule has 4 amide bonds. The summed E-state index contributed by atoms with van der Waals surface area (Å²) in [5, 5.41) is 9.21. The first-order valence-electron chi connectivity index (χ1n) is 7.73. The van der Waals surface area contributed by atoms with Gasteiger partial charge in [0.2, 0.25) is 5.91 Å². The minimum absolute atomic E-state index is 0.00482. The van der Waals surface area contributed by atoms with Gasteiger partial charge in [-0.3, -0.25) is 19.6 Å². The number of likely N-dealkylation sites (tertiary alicyclic amines) is 1. The molecule has 2 fully saturated rings. The fourth-order valence-electron chi connectivity index (χ4n) is 2.96. The van der Waals surface area contributed by atoms with Gasteiger partial charge in [0.05, 0.1) is 18.3 Å². The van der Waals surface area contributed by atoms with Crippen LogP contribution in [-0.4, -0.2) is 63.5 Å². The number of halogens is 1. The zero-order valence-corrected chi connectivity index (χ0v) is 13.0. The summed E-state index contributed by atoms with van der Waals surface area (Å²) in [6.07, 6.45) is 0. The van der Waals surface area contributed by atoms with E-state index in [1.54, 1.807) is 18.2 Å². The Morgan fingerprint density at radius 2 is 1.92 bits per heavy atom. The number of carbonyl (C=O) groups is 3. The molecule has 9 heteroatoms. The molecule has 2 aliphatic heterocycles. The molecule has 1 aromatic carbocycles. The topological polar surface area (TPSA) is 98.4 Å². The Hall–Kier alpha value is -3.23. The van der Waals surface area contributed by atoms with E-state index in [1.807, 2.05) is 0 Å². The van der Waals surface area contributed by atoms with Crippen LogP contribution in [-0.2, 0) is 4.79 Å². The number of rotatable bonds is 3. The molecule has 0 bridgehead atoms. The molecule has 3 heterocycles. The fourth-order valence-corrected chi connectivity index (χ4v) is 2.96. The Bertz CT molecular complexity index is 841. The smallest absolute Gasteiger partial charge is 0.324 e. The van der Waals surface area contributed by atoms with Crippen LogP contribution in [0.25, 0.3) is 11.3 Å². The molecule has 4 rings (SSSR count). The van der Waals surface area contributed by atoms with Crippen LogP contribution in [0.3, 0.4) is 0 Å². The number of urea groups is 1. The maximum absolute atomic E-state index is 13.0. The van der Waals surface area contributed by atoms with E-state index in [2.05, 4.69) is 15.5 Å². The van der Waals surface area contributed by atoms with Crippen LogP contribution in [0.15, 0.2) is 30.3 Å². The highest BCUT2D eigenvalue weighted by molar-refractivity contribution is 6.03. The molecule has 2 saturated heterocycles. The lowest BCUT2D eigenvalue weighted by Gasteiger charge is -2.42. The van der Waals surface area contributed by atoms with Gasteiger partial charge in [0.25, 0.3) is 5.91 Å². The van der Waals surface area contributed by atoms with E-state index < -0.39 is 6.03 Å². The van der Waals surface area contributed by atoms with Gasteiger partial charge < -0.3 is 10.2 Å². The summed E-state index contributed by atoms with van der Waals surface area (Å²) in [6.45, 7) is 0.594. The Morgan fingerprint density at radius 3 is 2.56 bits per heavy atom. The fraction of sp³-hybridized carbons (Fsp3) is 0.250. The number of H-pyrrole nitrogens is 1. The van der Waals surface area contributed by atoms with Gasteiger partial charge in [0.1, 0.15) is 11.5 Å². The third-order valence-corrected chi connectivity index (χ3v) is 4.34. The van der Waals surface area contributed by atoms with Gasteiger partial charge >= 0.3 is 6.03 Å². The van der Waals surface area contributed by atoms with Crippen molar-refractivity contribution in [3.8, 4) is 11.3 Å². The first-order chi connectivity index (χ1) is 12.0. The van der Waals surface area contributed by atoms with Crippen LogP contribution < -0.4 is 5.32 Å². The minimum Gasteiger partial charge on any atom is -0.333 e. The van der Waals surface area contributed by atoms with Crippen molar-refractivity contribution in [2.45, 2.75) is 6.04 Å². The summed E-state index contributed by atoms with van der Waals surface area (Å²) in [5.41, 5.74) is 1.53. The molecular formula is C16H14FN5O3. The SMILES string of the molecule is O=C(c1cc(-c2ccc(F)cc2)n[nH]1)N1CC(N2C(=O)CNC2=O)C1. The molecule has 25 heavy (non-hydrogen) atoms. The molecule has 0 atom stereocenters. The van der Waals surface area contributed by atoms with Gasteiger partial charge in [0, 0.05) is 18.7 Å². The number of hydrogen-bond acceptors (Lipinski definition) is 4. The molecule has 2 aromatic rings. The summed E-state index contributed by atoms with van der Waals surface area (Å²) < 4.78 is 13.0. The maximum Gasteiger partial charge on any atom is 0.324 e. The number of nitrogens with zero attached hydrogens (tertiary/aromatic N) is 3. The van der Waals surface area contributed by atoms with Crippen molar-refractivity contribution < 1.29 is 18.8 Å². The van der Waals surface area contributed by atoms with Crippen LogP contribution in [0, 0.1) is 5.82 Å². The van der Waals surface area contributed by atoms with Gasteiger partial charge in [-0.05, 0) is 30.3 Å². The van der Waals surface area contributed by atoms with Gasteiger partial charge in [-0.15, -0.1) is 0 Å². The monoisotopic (exact) mass is 343 g/mol. The van der Waals surface area contributed by atoms with Crippen molar-refractivity contribution in [2.24, 2.45) is 0 Å². The van der Waals surface area contributed by atoms with Crippen molar-refractivity contribution in [3.63, 3.8) is 0 Å². The number of aromatic amines is 1. The Morgan fingerprint density at radius 1 is 1.20 bits per heavy atom. The summed E-state index contributed by atoms with van der Waals surface area (Å²) in [5.74, 6) is -0.880. The quantitative estimate of drug-likeness (QED) is 0.797. The summed E-state index contributed by atoms with van der Waals surface area (Å²) >= 11 is 0. The van der Waals surface area contributed by atoms with Crippen LogP contribution >= 0.6 is 0 Å². The lowest BCUT2D eigenvalue weighted by molar-refractivity contribution is -0.128. The van der Waals surface area contributed by atoms with Gasteiger partial charge in [-0.1, -0.05) is 0 Å². The standard InChI is InChI=1S/C16H14FN5O3/c17-10-3-1-9(2-4-10)12-5-13(20-19-12)15(24)21-7-11(8-21)22-14(23)6-18-16(22)25/h1-5,11H,6-8H2,(H,18,25)(H,19,20). The van der Waals surface area contributed by atoms with E-state index in [0.717, 1.165) is 0 Å². The summed E-state index contributed by atoms with van der Waals surface area (Å²) in [4.78, 5) is 38.4. The summed E-state index contributed by atoms with van der Waals surface area (Å²) in [7, 11) is 0. The van der Waals surface area contributed by atoms with Crippen molar-refractivity contribution in [1.29, 1.82) is 0 Å². The van der Waals surface area contributed by atoms with E-state index in [9.17, 15) is 18.8 Å². The molecule has 0 radical (unpaired) electrons. The number of amides is 4. The minimum atomic E-state index is -0.415. The first kappa shape index (κ1) is 15.3. The molecular weight excluding hydrogens is 329 g/mol. The van der Waals surface area contributed by atoms with Gasteiger partial charge in [-0.25, -0.2) is 9.18 Å². The Kier molecular flexibility index (Phi) is 3.48. The van der Waals surface area contributed by atoms with Gasteiger partial charge in [0.15, 0.2) is 0 Å². The second-order valence-electron chi connectivity index (χ2n) is 5.96. The van der Waals surface area contributed by atoms with Crippen LogP contribution in [0.5, 0.6) is 0 Å². The van der Waals surface area contributed by atoms with Crippen molar-refractivity contribution in [3.05, 3.63) is 41.8 Å². The zero-order valence-electron chi connectivity index (χ0n) is 13.0. The Labute approximate surface area is 141 Å². The molecule has 0 saturated carbocycles. The van der Waals surface area contributed by atoms with Crippen molar-refractivity contribution >= 4 is 17.8 Å². The number of imide groups is 1. The second-order valence-corrected chi connectivity index (χ2v) is 5.96. The number of carbonyl (C=O) groups excluding carboxylic acids is 3. The van der Waals surface area contributed by atoms with E-state index in [4.69, 9.17) is 0 Å². The van der Waals surface area contributed by atoms with Crippen LogP contribution in [0.1, 0.15) is 10.5 Å². The molecule has 8 nitrogen and oxygen atoms in total. The average Bonchev–Trinajstić information content (AvgIpc) is 3.16. The van der Waals surface area contributed by atoms with Crippen molar-refractivity contribution in [1.82, 2.24) is 25.3 Å². The first-order valence-corrected chi connectivity index (χ1v) is 7.73. The van der Waals surface area contributed by atoms with E-state index in [-0.39, 0.29) is 30.2 Å². The highest BCUT2D eigenvalue weighted by Gasteiger charge is 2.43. The number of hydrogen-bond donors (Lipinski definition) is 2. The largest absolute Gasteiger partial charge is 0.333 e. The van der Waals surface area contributed by atoms with Crippen LogP contribution in [0.2, 0.25) is 0 Å². The third-order valence-electron chi connectivity index (χ3n) is 4.34. The molecule has 2 aliphatic rings. The zero-order chi connectivity index (χ0) is 17.6. The maximum atomic E-state index is 13.0. The third kappa shape index (κ3) is 2.63. The molecule has 0 aliphatic carbocycles. The molecule has 0 unspecified atom stereocenters. The lowest BCUT2D eigenvalue weighted by atomic mass is 10.1. The normalized spacial score (nSPS) is 17.6. The molecule has 1 aromatic heterocycles. The van der Waals surface area contributed by atoms with Gasteiger partial charge in [-0.2, -0.15) is 5.10 Å². The predicted octanol–water partition coefficient (Wildman–Crippen LogP) is 0.592. The lowest BCUT2D eigenvalue weighted by Crippen LogP contribution is -2.62. The number of benzene rings is 1. The number of nitrogens with one attached hydrogen (secondary N) is 2. The second kappa shape index (κ2) is 5.69. The van der Waals surface area contributed by atoms with Crippen molar-refractivity contribution in [2.75, 3.05) is 19.6 Å². The molecule has 128 valence electrons.